The van der Waals surface area contributed by atoms with Crippen LogP contribution < -0.4 is 9.30 Å². The molecule has 0 unspecified atom stereocenters. The smallest absolute Gasteiger partial charge is 0.268 e. The van der Waals surface area contributed by atoms with Crippen LogP contribution >= 0.6 is 0 Å². The van der Waals surface area contributed by atoms with Crippen molar-refractivity contribution in [1.29, 1.82) is 0 Å². The number of nitrogens with zero attached hydrogens (tertiary/aromatic N) is 4. The number of imidazole rings is 1. The van der Waals surface area contributed by atoms with Crippen LogP contribution in [0.15, 0.2) is 168 Å². The molecule has 0 radical (unpaired) electrons. The van der Waals surface area contributed by atoms with Gasteiger partial charge < -0.3 is 18.3 Å². The van der Waals surface area contributed by atoms with Gasteiger partial charge in [0.1, 0.15) is 17.0 Å². The van der Waals surface area contributed by atoms with Crippen molar-refractivity contribution in [3.05, 3.63) is 210 Å². The zero-order valence-corrected chi connectivity index (χ0v) is 50.6. The van der Waals surface area contributed by atoms with E-state index in [1.165, 1.54) is 51.8 Å². The van der Waals surface area contributed by atoms with Crippen LogP contribution in [0.3, 0.4) is 0 Å². The first-order chi connectivity index (χ1) is 38.2. The summed E-state index contributed by atoms with van der Waals surface area (Å²) in [4.78, 5) is 5.00. The Kier molecular flexibility index (Phi) is 12.2. The van der Waals surface area contributed by atoms with Crippen molar-refractivity contribution in [2.24, 2.45) is 0 Å². The van der Waals surface area contributed by atoms with Gasteiger partial charge in [-0.25, -0.2) is 4.98 Å². The number of hydrogen-bond acceptors (Lipinski definition) is 3. The summed E-state index contributed by atoms with van der Waals surface area (Å²) in [6, 6.07) is 64.7. The molecule has 2 aliphatic carbocycles. The van der Waals surface area contributed by atoms with Crippen LogP contribution in [0, 0.1) is 18.5 Å². The molecule has 0 bridgehead atoms. The van der Waals surface area contributed by atoms with Crippen molar-refractivity contribution in [2.45, 2.75) is 129 Å². The van der Waals surface area contributed by atoms with Crippen molar-refractivity contribution >= 4 is 54.8 Å². The predicted molar refractivity (Wildman–Crippen MR) is 327 cm³/mol. The number of ether oxygens (including phenoxy) is 1. The van der Waals surface area contributed by atoms with Gasteiger partial charge in [-0.3, -0.25) is 4.57 Å². The molecule has 2 aliphatic rings. The molecule has 14 rings (SSSR count). The first-order valence-corrected chi connectivity index (χ1v) is 28.6. The van der Waals surface area contributed by atoms with Crippen LogP contribution in [-0.4, -0.2) is 14.1 Å². The summed E-state index contributed by atoms with van der Waals surface area (Å²) < 4.78 is 19.9. The van der Waals surface area contributed by atoms with E-state index in [-0.39, 0.29) is 48.1 Å². The quantitative estimate of drug-likeness (QED) is 0.118. The fourth-order valence-corrected chi connectivity index (χ4v) is 13.4. The topological polar surface area (TPSA) is 49.0 Å². The van der Waals surface area contributed by atoms with Crippen LogP contribution in [0.25, 0.3) is 94.2 Å². The van der Waals surface area contributed by atoms with E-state index in [9.17, 15) is 0 Å². The molecule has 8 aromatic carbocycles. The minimum atomic E-state index is -0.0796. The second-order valence-electron chi connectivity index (χ2n) is 26.6. The SMILES string of the molecule is CC(C)(C)c1ccnc(-n2c3[c-]c(Oc4[c-]c(-n5[c-][n+](-c6c(-c7ccc8c(c7)C(C)(C)CCC8(C)C)cccc6-c6ccc7c(c6)C(C)(C)CCC7(C)C)c6ccccc65)ccc4)ccc3c3cc4oc5ccccc5c4cc32)c1.[Pt]. The molecule has 4 heterocycles. The van der Waals surface area contributed by atoms with Crippen molar-refractivity contribution in [1.82, 2.24) is 14.1 Å². The third kappa shape index (κ3) is 8.69. The van der Waals surface area contributed by atoms with Crippen LogP contribution in [0.5, 0.6) is 11.5 Å². The molecular formula is C74H68N4O2Pt-2. The Morgan fingerprint density at radius 3 is 1.83 bits per heavy atom. The number of aromatic nitrogens is 4. The van der Waals surface area contributed by atoms with E-state index in [1.54, 1.807) is 0 Å². The normalized spacial score (nSPS) is 16.2. The van der Waals surface area contributed by atoms with Crippen molar-refractivity contribution < 1.29 is 34.8 Å². The fraction of sp³-hybridized carbons (Fsp3) is 0.270. The molecule has 0 atom stereocenters. The van der Waals surface area contributed by atoms with Gasteiger partial charge in [0.25, 0.3) is 6.33 Å². The summed E-state index contributed by atoms with van der Waals surface area (Å²) in [6.07, 6.45) is 10.5. The molecule has 0 fully saturated rings. The van der Waals surface area contributed by atoms with Gasteiger partial charge >= 0.3 is 0 Å². The Balaban J connectivity index is 0.00000618. The zero-order chi connectivity index (χ0) is 55.3. The molecule has 7 heteroatoms. The van der Waals surface area contributed by atoms with Gasteiger partial charge in [0.15, 0.2) is 0 Å². The summed E-state index contributed by atoms with van der Waals surface area (Å²) in [5, 5.41) is 4.21. The van der Waals surface area contributed by atoms with Crippen LogP contribution in [0.1, 0.15) is 130 Å². The molecule has 81 heavy (non-hydrogen) atoms. The maximum atomic E-state index is 6.85. The number of rotatable bonds is 7. The van der Waals surface area contributed by atoms with E-state index in [0.717, 1.165) is 95.9 Å². The Bertz CT molecular complexity index is 4420. The van der Waals surface area contributed by atoms with Crippen LogP contribution in [0.2, 0.25) is 0 Å². The number of fused-ring (bicyclic) bond motifs is 9. The minimum absolute atomic E-state index is 0. The van der Waals surface area contributed by atoms with Crippen LogP contribution in [-0.2, 0) is 48.1 Å². The van der Waals surface area contributed by atoms with E-state index >= 15 is 0 Å². The number of pyridine rings is 1. The summed E-state index contributed by atoms with van der Waals surface area (Å²) in [5.41, 5.74) is 19.5. The van der Waals surface area contributed by atoms with E-state index in [4.69, 9.17) is 14.1 Å². The van der Waals surface area contributed by atoms with E-state index < -0.39 is 0 Å². The number of benzene rings is 8. The number of hydrogen-bond donors (Lipinski definition) is 0. The molecule has 408 valence electrons. The largest absolute Gasteiger partial charge is 0.510 e. The number of para-hydroxylation sites is 4. The number of furan rings is 1. The molecule has 0 saturated carbocycles. The molecule has 0 spiro atoms. The van der Waals surface area contributed by atoms with E-state index in [2.05, 4.69) is 236 Å². The summed E-state index contributed by atoms with van der Waals surface area (Å²) in [6.45, 7) is 26.0. The van der Waals surface area contributed by atoms with Gasteiger partial charge in [0, 0.05) is 55.1 Å². The van der Waals surface area contributed by atoms with E-state index in [0.29, 0.717) is 11.5 Å². The summed E-state index contributed by atoms with van der Waals surface area (Å²) in [7, 11) is 0. The third-order valence-corrected chi connectivity index (χ3v) is 18.4. The Morgan fingerprint density at radius 1 is 0.531 bits per heavy atom. The van der Waals surface area contributed by atoms with Crippen molar-refractivity contribution in [2.75, 3.05) is 0 Å². The molecule has 6 nitrogen and oxygen atoms in total. The average Bonchev–Trinajstić information content (AvgIpc) is 4.29. The second-order valence-corrected chi connectivity index (χ2v) is 26.6. The van der Waals surface area contributed by atoms with Gasteiger partial charge in [0.2, 0.25) is 0 Å². The van der Waals surface area contributed by atoms with Gasteiger partial charge in [-0.05, 0) is 144 Å². The maximum absolute atomic E-state index is 6.85. The third-order valence-electron chi connectivity index (χ3n) is 18.4. The Labute approximate surface area is 490 Å². The second kappa shape index (κ2) is 18.8. The standard InChI is InChI=1S/C74H68N4O2.Pt/c1-70(2,3)48-32-37-75-68(40-48)78-64-42-51(28-29-54(64)56-44-67-57(43-65(56)78)55-20-12-15-25-66(55)80-67)79-50-19-16-18-49(41-50)76-45-77(63-24-14-13-23-62(63)76)69-52(46-26-30-58-60(38-46)73(8,9)35-33-71(58,4)5)21-17-22-53(69)47-27-31-59-61(39-47)74(10,11)36-34-72(59,6)7;/h12-32,37-40,43-44H,33-36H2,1-11H3;/q-2;. The first kappa shape index (κ1) is 52.8. The van der Waals surface area contributed by atoms with Crippen molar-refractivity contribution in [3.63, 3.8) is 0 Å². The zero-order valence-electron chi connectivity index (χ0n) is 48.3. The first-order valence-electron chi connectivity index (χ1n) is 28.6. The Hall–Kier alpha value is -7.53. The average molecular weight is 1240 g/mol. The predicted octanol–water partition coefficient (Wildman–Crippen LogP) is 18.8. The van der Waals surface area contributed by atoms with Gasteiger partial charge in [-0.15, -0.1) is 29.7 Å². The maximum Gasteiger partial charge on any atom is 0.268 e. The van der Waals surface area contributed by atoms with Crippen LogP contribution in [0.4, 0.5) is 0 Å². The monoisotopic (exact) mass is 1240 g/mol. The van der Waals surface area contributed by atoms with Crippen molar-refractivity contribution in [3.8, 4) is 50.9 Å². The Morgan fingerprint density at radius 2 is 1.15 bits per heavy atom. The fourth-order valence-electron chi connectivity index (χ4n) is 13.4. The molecule has 0 aliphatic heterocycles. The minimum Gasteiger partial charge on any atom is -0.510 e. The molecule has 4 aromatic heterocycles. The van der Waals surface area contributed by atoms with Gasteiger partial charge in [0.05, 0.1) is 16.7 Å². The molecular weight excluding hydrogens is 1170 g/mol. The molecule has 0 amide bonds. The summed E-state index contributed by atoms with van der Waals surface area (Å²) >= 11 is 0. The van der Waals surface area contributed by atoms with Gasteiger partial charge in [-0.2, -0.15) is 18.2 Å². The van der Waals surface area contributed by atoms with Gasteiger partial charge in [-0.1, -0.05) is 179 Å². The molecule has 12 aromatic rings. The molecule has 0 N–H and O–H groups in total. The molecule has 0 saturated heterocycles. The van der Waals surface area contributed by atoms with E-state index in [1.807, 2.05) is 36.5 Å². The summed E-state index contributed by atoms with van der Waals surface area (Å²) in [5.74, 6) is 1.95.